The largest absolute Gasteiger partial charge is 0.416 e. The average Bonchev–Trinajstić information content (AvgIpc) is 2.52. The topological polar surface area (TPSA) is 72.2 Å². The van der Waals surface area contributed by atoms with E-state index in [-0.39, 0.29) is 12.0 Å². The molecule has 3 N–H and O–H groups in total. The Morgan fingerprint density at radius 2 is 1.54 bits per heavy atom. The summed E-state index contributed by atoms with van der Waals surface area (Å²) in [6.45, 7) is 0. The molecule has 0 heterocycles. The molecule has 9 heteroatoms. The van der Waals surface area contributed by atoms with Gasteiger partial charge in [-0.05, 0) is 29.8 Å². The zero-order chi connectivity index (χ0) is 19.5. The molecule has 0 bridgehead atoms. The molecule has 26 heavy (non-hydrogen) atoms. The zero-order valence-corrected chi connectivity index (χ0v) is 13.1. The smallest absolute Gasteiger partial charge is 0.368 e. The Bertz CT molecular complexity index is 799. The molecule has 0 radical (unpaired) electrons. The lowest BCUT2D eigenvalue weighted by atomic mass is 10.0. The monoisotopic (exact) mass is 372 g/mol. The number of benzene rings is 2. The van der Waals surface area contributed by atoms with Crippen LogP contribution < -0.4 is 11.1 Å². The highest BCUT2D eigenvalue weighted by molar-refractivity contribution is 5.97. The Hall–Kier alpha value is -2.97. The molecular weight excluding hydrogens is 359 g/mol. The lowest BCUT2D eigenvalue weighted by Crippen LogP contribution is -2.45. The highest BCUT2D eigenvalue weighted by Gasteiger charge is 2.30. The summed E-state index contributed by atoms with van der Waals surface area (Å²) in [5.74, 6) is -3.85. The Balaban J connectivity index is 2.14. The Morgan fingerprint density at radius 1 is 1.00 bits per heavy atom. The molecule has 2 aromatic rings. The van der Waals surface area contributed by atoms with E-state index >= 15 is 0 Å². The van der Waals surface area contributed by atoms with Gasteiger partial charge >= 0.3 is 6.18 Å². The van der Waals surface area contributed by atoms with Crippen LogP contribution in [0.15, 0.2) is 42.5 Å². The molecule has 0 aliphatic carbocycles. The Morgan fingerprint density at radius 3 is 2.00 bits per heavy atom. The number of hydrogen-bond acceptors (Lipinski definition) is 2. The van der Waals surface area contributed by atoms with Gasteiger partial charge in [-0.3, -0.25) is 9.59 Å². The highest BCUT2D eigenvalue weighted by atomic mass is 19.4. The fourth-order valence-electron chi connectivity index (χ4n) is 2.21. The van der Waals surface area contributed by atoms with Crippen molar-refractivity contribution in [1.29, 1.82) is 0 Å². The number of nitrogens with two attached hydrogens (primary N) is 1. The second-order valence-corrected chi connectivity index (χ2v) is 5.49. The minimum absolute atomic E-state index is 0.184. The van der Waals surface area contributed by atoms with Crippen molar-refractivity contribution in [1.82, 2.24) is 5.32 Å². The molecule has 0 fully saturated rings. The van der Waals surface area contributed by atoms with Gasteiger partial charge in [-0.15, -0.1) is 0 Å². The van der Waals surface area contributed by atoms with Crippen LogP contribution in [-0.2, 0) is 17.4 Å². The first-order valence-corrected chi connectivity index (χ1v) is 7.28. The number of rotatable bonds is 5. The van der Waals surface area contributed by atoms with Crippen LogP contribution in [0.1, 0.15) is 21.5 Å². The van der Waals surface area contributed by atoms with Gasteiger partial charge in [0.25, 0.3) is 5.91 Å². The van der Waals surface area contributed by atoms with Crippen molar-refractivity contribution in [3.05, 3.63) is 70.8 Å². The van der Waals surface area contributed by atoms with Crippen LogP contribution >= 0.6 is 0 Å². The fraction of sp³-hybridized carbons (Fsp3) is 0.176. The molecule has 2 amide bonds. The van der Waals surface area contributed by atoms with E-state index in [1.165, 1.54) is 0 Å². The van der Waals surface area contributed by atoms with E-state index in [0.717, 1.165) is 36.4 Å². The van der Waals surface area contributed by atoms with Crippen LogP contribution in [0, 0.1) is 11.6 Å². The normalized spacial score (nSPS) is 12.5. The van der Waals surface area contributed by atoms with Gasteiger partial charge in [0.15, 0.2) is 0 Å². The van der Waals surface area contributed by atoms with Gasteiger partial charge < -0.3 is 11.1 Å². The molecular formula is C17H13F5N2O2. The van der Waals surface area contributed by atoms with Gasteiger partial charge in [-0.2, -0.15) is 13.2 Å². The van der Waals surface area contributed by atoms with Gasteiger partial charge in [-0.1, -0.05) is 12.1 Å². The van der Waals surface area contributed by atoms with Crippen LogP contribution in [0.3, 0.4) is 0 Å². The predicted molar refractivity (Wildman–Crippen MR) is 82.0 cm³/mol. The summed E-state index contributed by atoms with van der Waals surface area (Å²) < 4.78 is 64.0. The van der Waals surface area contributed by atoms with Crippen molar-refractivity contribution in [3.8, 4) is 0 Å². The predicted octanol–water partition coefficient (Wildman–Crippen LogP) is 2.81. The van der Waals surface area contributed by atoms with Crippen molar-refractivity contribution < 1.29 is 31.5 Å². The SMILES string of the molecule is NC(=O)[C@H](Cc1ccc(C(F)(F)F)cc1)NC(=O)c1cc(F)cc(F)c1. The number of halogens is 5. The molecule has 0 saturated heterocycles. The van der Waals surface area contributed by atoms with Gasteiger partial charge in [-0.25, -0.2) is 8.78 Å². The maximum absolute atomic E-state index is 13.2. The summed E-state index contributed by atoms with van der Waals surface area (Å²) in [6.07, 6.45) is -4.69. The lowest BCUT2D eigenvalue weighted by molar-refractivity contribution is -0.137. The third kappa shape index (κ3) is 5.01. The van der Waals surface area contributed by atoms with Crippen molar-refractivity contribution >= 4 is 11.8 Å². The minimum atomic E-state index is -4.50. The lowest BCUT2D eigenvalue weighted by Gasteiger charge is -2.16. The Labute approximate surface area is 144 Å². The first kappa shape index (κ1) is 19.4. The first-order valence-electron chi connectivity index (χ1n) is 7.28. The van der Waals surface area contributed by atoms with Gasteiger partial charge in [0.05, 0.1) is 5.56 Å². The standard InChI is InChI=1S/C17H13F5N2O2/c18-12-6-10(7-13(19)8-12)16(26)24-14(15(23)25)5-9-1-3-11(4-2-9)17(20,21)22/h1-4,6-8,14H,5H2,(H2,23,25)(H,24,26)/t14-/m0/s1. The van der Waals surface area contributed by atoms with E-state index in [4.69, 9.17) is 5.73 Å². The summed E-state index contributed by atoms with van der Waals surface area (Å²) in [4.78, 5) is 23.5. The molecule has 1 atom stereocenters. The zero-order valence-electron chi connectivity index (χ0n) is 13.1. The molecule has 0 aromatic heterocycles. The molecule has 4 nitrogen and oxygen atoms in total. The molecule has 0 saturated carbocycles. The molecule has 2 rings (SSSR count). The third-order valence-corrected chi connectivity index (χ3v) is 3.49. The molecule has 0 unspecified atom stereocenters. The number of carbonyl (C=O) groups excluding carboxylic acids is 2. The number of primary amides is 1. The van der Waals surface area contributed by atoms with E-state index in [1.54, 1.807) is 0 Å². The quantitative estimate of drug-likeness (QED) is 0.793. The number of hydrogen-bond donors (Lipinski definition) is 2. The van der Waals surface area contributed by atoms with E-state index in [9.17, 15) is 31.5 Å². The fourth-order valence-corrected chi connectivity index (χ4v) is 2.21. The van der Waals surface area contributed by atoms with E-state index in [0.29, 0.717) is 11.6 Å². The highest BCUT2D eigenvalue weighted by Crippen LogP contribution is 2.29. The summed E-state index contributed by atoms with van der Waals surface area (Å²) in [6, 6.07) is 4.80. The summed E-state index contributed by atoms with van der Waals surface area (Å²) >= 11 is 0. The van der Waals surface area contributed by atoms with E-state index in [1.807, 2.05) is 0 Å². The van der Waals surface area contributed by atoms with Crippen LogP contribution in [-0.4, -0.2) is 17.9 Å². The summed E-state index contributed by atoms with van der Waals surface area (Å²) in [7, 11) is 0. The van der Waals surface area contributed by atoms with Crippen molar-refractivity contribution in [2.75, 3.05) is 0 Å². The molecule has 0 aliphatic rings. The minimum Gasteiger partial charge on any atom is -0.368 e. The summed E-state index contributed by atoms with van der Waals surface area (Å²) in [5.41, 5.74) is 4.28. The maximum Gasteiger partial charge on any atom is 0.416 e. The summed E-state index contributed by atoms with van der Waals surface area (Å²) in [5, 5.41) is 2.21. The van der Waals surface area contributed by atoms with Gasteiger partial charge in [0.1, 0.15) is 17.7 Å². The van der Waals surface area contributed by atoms with Crippen LogP contribution in [0.5, 0.6) is 0 Å². The van der Waals surface area contributed by atoms with Crippen LogP contribution in [0.25, 0.3) is 0 Å². The average molecular weight is 372 g/mol. The van der Waals surface area contributed by atoms with Crippen LogP contribution in [0.2, 0.25) is 0 Å². The molecule has 0 aliphatic heterocycles. The van der Waals surface area contributed by atoms with Crippen molar-refractivity contribution in [2.24, 2.45) is 5.73 Å². The van der Waals surface area contributed by atoms with Crippen molar-refractivity contribution in [3.63, 3.8) is 0 Å². The second-order valence-electron chi connectivity index (χ2n) is 5.49. The second kappa shape index (κ2) is 7.51. The molecule has 138 valence electrons. The number of nitrogens with one attached hydrogen (secondary N) is 1. The maximum atomic E-state index is 13.2. The van der Waals surface area contributed by atoms with Crippen molar-refractivity contribution in [2.45, 2.75) is 18.6 Å². The van der Waals surface area contributed by atoms with E-state index in [2.05, 4.69) is 5.32 Å². The first-order chi connectivity index (χ1) is 12.1. The number of alkyl halides is 3. The van der Waals surface area contributed by atoms with E-state index < -0.39 is 41.2 Å². The van der Waals surface area contributed by atoms with Gasteiger partial charge in [0.2, 0.25) is 5.91 Å². The Kier molecular flexibility index (Phi) is 5.59. The molecule has 2 aromatic carbocycles. The third-order valence-electron chi connectivity index (χ3n) is 3.49. The molecule has 0 spiro atoms. The van der Waals surface area contributed by atoms with Crippen LogP contribution in [0.4, 0.5) is 22.0 Å². The number of amides is 2. The number of carbonyl (C=O) groups is 2. The van der Waals surface area contributed by atoms with Gasteiger partial charge in [0, 0.05) is 18.1 Å².